The molecule has 0 bridgehead atoms. The van der Waals surface area contributed by atoms with Crippen molar-refractivity contribution >= 4 is 46.1 Å². The molecular weight excluding hydrogens is 372 g/mol. The second kappa shape index (κ2) is 8.64. The van der Waals surface area contributed by atoms with E-state index < -0.39 is 22.7 Å². The number of thiocarbonyl (C=S) groups is 1. The van der Waals surface area contributed by atoms with Gasteiger partial charge in [-0.15, -0.1) is 0 Å². The molecule has 0 radical (unpaired) electrons. The zero-order chi connectivity index (χ0) is 19.3. The van der Waals surface area contributed by atoms with E-state index in [0.717, 1.165) is 5.56 Å². The standard InChI is InChI=1S/C18H22N2O4S2/c1-4-24-14(22)11-20-16(23)15(18(2,3)26-17(20)25)19-13(21)10-12-8-6-5-7-9-12/h5-9,15H,4,10-11H2,1-3H3,(H,19,21). The van der Waals surface area contributed by atoms with Crippen LogP contribution in [-0.4, -0.2) is 50.9 Å². The van der Waals surface area contributed by atoms with Crippen LogP contribution in [0.4, 0.5) is 0 Å². The highest BCUT2D eigenvalue weighted by molar-refractivity contribution is 8.24. The Labute approximate surface area is 162 Å². The fraction of sp³-hybridized carbons (Fsp3) is 0.444. The van der Waals surface area contributed by atoms with Crippen molar-refractivity contribution in [3.63, 3.8) is 0 Å². The monoisotopic (exact) mass is 394 g/mol. The van der Waals surface area contributed by atoms with Crippen LogP contribution in [0.3, 0.4) is 0 Å². The summed E-state index contributed by atoms with van der Waals surface area (Å²) < 4.78 is 4.59. The lowest BCUT2D eigenvalue weighted by Gasteiger charge is -2.42. The van der Waals surface area contributed by atoms with Crippen LogP contribution in [0.5, 0.6) is 0 Å². The van der Waals surface area contributed by atoms with Gasteiger partial charge >= 0.3 is 5.97 Å². The van der Waals surface area contributed by atoms with E-state index in [-0.39, 0.29) is 25.5 Å². The molecule has 0 aliphatic carbocycles. The highest BCUT2D eigenvalue weighted by Crippen LogP contribution is 2.36. The molecule has 0 saturated carbocycles. The van der Waals surface area contributed by atoms with Crippen LogP contribution in [0, 0.1) is 0 Å². The molecule has 1 saturated heterocycles. The highest BCUT2D eigenvalue weighted by Gasteiger charge is 2.46. The average molecular weight is 395 g/mol. The minimum atomic E-state index is -0.787. The first-order chi connectivity index (χ1) is 12.2. The lowest BCUT2D eigenvalue weighted by molar-refractivity contribution is -0.147. The summed E-state index contributed by atoms with van der Waals surface area (Å²) in [6, 6.07) is 8.50. The Bertz CT molecular complexity index is 706. The first-order valence-electron chi connectivity index (χ1n) is 8.28. The molecule has 0 spiro atoms. The van der Waals surface area contributed by atoms with Crippen LogP contribution in [0.1, 0.15) is 26.3 Å². The molecule has 2 amide bonds. The molecule has 1 aliphatic rings. The molecule has 140 valence electrons. The number of carbonyl (C=O) groups is 3. The molecule has 1 aliphatic heterocycles. The summed E-state index contributed by atoms with van der Waals surface area (Å²) in [6.45, 7) is 5.36. The van der Waals surface area contributed by atoms with Gasteiger partial charge in [-0.2, -0.15) is 0 Å². The van der Waals surface area contributed by atoms with Crippen LogP contribution in [0.2, 0.25) is 0 Å². The number of hydrogen-bond acceptors (Lipinski definition) is 6. The summed E-state index contributed by atoms with van der Waals surface area (Å²) in [6.07, 6.45) is 0.174. The van der Waals surface area contributed by atoms with Crippen molar-refractivity contribution in [2.75, 3.05) is 13.2 Å². The number of hydrogen-bond donors (Lipinski definition) is 1. The van der Waals surface area contributed by atoms with E-state index in [4.69, 9.17) is 17.0 Å². The van der Waals surface area contributed by atoms with Gasteiger partial charge in [0.15, 0.2) is 0 Å². The molecule has 1 aromatic rings. The number of carbonyl (C=O) groups excluding carboxylic acids is 3. The lowest BCUT2D eigenvalue weighted by Crippen LogP contribution is -2.63. The van der Waals surface area contributed by atoms with E-state index in [1.807, 2.05) is 44.2 Å². The number of thioether (sulfide) groups is 1. The lowest BCUT2D eigenvalue weighted by atomic mass is 10.0. The SMILES string of the molecule is CCOC(=O)CN1C(=O)C(NC(=O)Cc2ccccc2)C(C)(C)SC1=S. The molecule has 0 aromatic heterocycles. The molecule has 2 rings (SSSR count). The second-order valence-corrected chi connectivity index (χ2v) is 8.65. The van der Waals surface area contributed by atoms with Gasteiger partial charge < -0.3 is 10.1 Å². The van der Waals surface area contributed by atoms with Gasteiger partial charge in [0.25, 0.3) is 5.91 Å². The Morgan fingerprint density at radius 2 is 1.96 bits per heavy atom. The second-order valence-electron chi connectivity index (χ2n) is 6.36. The Morgan fingerprint density at radius 3 is 2.58 bits per heavy atom. The number of nitrogens with one attached hydrogen (secondary N) is 1. The Balaban J connectivity index is 2.11. The molecule has 6 nitrogen and oxygen atoms in total. The summed E-state index contributed by atoms with van der Waals surface area (Å²) in [5, 5.41) is 2.80. The number of nitrogens with zero attached hydrogens (tertiary/aromatic N) is 1. The van der Waals surface area contributed by atoms with Crippen molar-refractivity contribution < 1.29 is 19.1 Å². The minimum absolute atomic E-state index is 0.174. The fourth-order valence-electron chi connectivity index (χ4n) is 2.59. The zero-order valence-electron chi connectivity index (χ0n) is 15.0. The van der Waals surface area contributed by atoms with E-state index in [2.05, 4.69) is 5.32 Å². The van der Waals surface area contributed by atoms with Crippen molar-refractivity contribution in [2.45, 2.75) is 38.0 Å². The van der Waals surface area contributed by atoms with Gasteiger partial charge in [0.05, 0.1) is 13.0 Å². The molecule has 1 fully saturated rings. The summed E-state index contributed by atoms with van der Waals surface area (Å²) in [4.78, 5) is 38.3. The van der Waals surface area contributed by atoms with E-state index in [1.165, 1.54) is 16.7 Å². The molecule has 1 aromatic carbocycles. The van der Waals surface area contributed by atoms with Crippen molar-refractivity contribution in [3.8, 4) is 0 Å². The molecule has 26 heavy (non-hydrogen) atoms. The fourth-order valence-corrected chi connectivity index (χ4v) is 4.38. The maximum absolute atomic E-state index is 12.9. The van der Waals surface area contributed by atoms with Crippen LogP contribution in [0.25, 0.3) is 0 Å². The van der Waals surface area contributed by atoms with Crippen molar-refractivity contribution in [2.24, 2.45) is 0 Å². The number of rotatable bonds is 6. The van der Waals surface area contributed by atoms with Crippen molar-refractivity contribution in [1.29, 1.82) is 0 Å². The number of amides is 2. The molecule has 1 atom stereocenters. The van der Waals surface area contributed by atoms with Crippen LogP contribution in [-0.2, 0) is 25.5 Å². The topological polar surface area (TPSA) is 75.7 Å². The number of benzene rings is 1. The summed E-state index contributed by atoms with van der Waals surface area (Å²) in [5.41, 5.74) is 0.859. The van der Waals surface area contributed by atoms with Gasteiger partial charge in [0, 0.05) is 4.75 Å². The predicted molar refractivity (Wildman–Crippen MR) is 105 cm³/mol. The predicted octanol–water partition coefficient (Wildman–Crippen LogP) is 1.92. The smallest absolute Gasteiger partial charge is 0.326 e. The average Bonchev–Trinajstić information content (AvgIpc) is 2.56. The van der Waals surface area contributed by atoms with Gasteiger partial charge in [0.1, 0.15) is 16.9 Å². The first-order valence-corrected chi connectivity index (χ1v) is 9.50. The van der Waals surface area contributed by atoms with E-state index in [0.29, 0.717) is 4.32 Å². The van der Waals surface area contributed by atoms with Gasteiger partial charge in [-0.25, -0.2) is 0 Å². The highest BCUT2D eigenvalue weighted by atomic mass is 32.2. The quantitative estimate of drug-likeness (QED) is 0.587. The molecule has 8 heteroatoms. The van der Waals surface area contributed by atoms with Crippen LogP contribution >= 0.6 is 24.0 Å². The Kier molecular flexibility index (Phi) is 6.77. The van der Waals surface area contributed by atoms with Crippen molar-refractivity contribution in [1.82, 2.24) is 10.2 Å². The molecule has 1 unspecified atom stereocenters. The van der Waals surface area contributed by atoms with E-state index in [1.54, 1.807) is 6.92 Å². The normalized spacial score (nSPS) is 19.2. The largest absolute Gasteiger partial charge is 0.465 e. The maximum atomic E-state index is 12.9. The summed E-state index contributed by atoms with van der Waals surface area (Å²) in [7, 11) is 0. The van der Waals surface area contributed by atoms with E-state index >= 15 is 0 Å². The Morgan fingerprint density at radius 1 is 1.31 bits per heavy atom. The van der Waals surface area contributed by atoms with Gasteiger partial charge in [-0.3, -0.25) is 19.3 Å². The van der Waals surface area contributed by atoms with Crippen molar-refractivity contribution in [3.05, 3.63) is 35.9 Å². The molecule has 1 N–H and O–H groups in total. The molecular formula is C18H22N2O4S2. The van der Waals surface area contributed by atoms with Gasteiger partial charge in [-0.1, -0.05) is 54.3 Å². The zero-order valence-corrected chi connectivity index (χ0v) is 16.6. The third-order valence-corrected chi connectivity index (χ3v) is 5.51. The van der Waals surface area contributed by atoms with Gasteiger partial charge in [-0.05, 0) is 26.3 Å². The third-order valence-electron chi connectivity index (χ3n) is 3.88. The van der Waals surface area contributed by atoms with Gasteiger partial charge in [0.2, 0.25) is 5.91 Å². The minimum Gasteiger partial charge on any atom is -0.465 e. The first kappa shape index (κ1) is 20.4. The summed E-state index contributed by atoms with van der Waals surface area (Å²) >= 11 is 6.56. The Hall–Kier alpha value is -1.93. The third kappa shape index (κ3) is 5.04. The van der Waals surface area contributed by atoms with Crippen LogP contribution in [0.15, 0.2) is 30.3 Å². The van der Waals surface area contributed by atoms with Crippen LogP contribution < -0.4 is 5.32 Å². The van der Waals surface area contributed by atoms with E-state index in [9.17, 15) is 14.4 Å². The number of ether oxygens (including phenoxy) is 1. The summed E-state index contributed by atoms with van der Waals surface area (Å²) in [5.74, 6) is -1.18. The maximum Gasteiger partial charge on any atom is 0.326 e. The number of esters is 1. The molecule has 1 heterocycles.